The first-order chi connectivity index (χ1) is 28.8. The Morgan fingerprint density at radius 2 is 0.603 bits per heavy atom. The predicted molar refractivity (Wildman–Crippen MR) is 238 cm³/mol. The minimum absolute atomic E-state index is 0.422. The SMILES string of the molecule is c1ccc(-c2nc(-c3ccccc3)nc(-c3ncc(-c4cc5c6ccccc6c(-c6ccc(-c7ccccc7)c7ccccc67)cc5c5ccccc45)cn3)n2)cc1. The molecular weight excluding hydrogens is 707 g/mol. The summed E-state index contributed by atoms with van der Waals surface area (Å²) in [6, 6.07) is 66.0. The van der Waals surface area contributed by atoms with Gasteiger partial charge in [-0.05, 0) is 83.0 Å². The molecule has 5 nitrogen and oxygen atoms in total. The first-order valence-corrected chi connectivity index (χ1v) is 19.4. The van der Waals surface area contributed by atoms with Crippen LogP contribution in [-0.4, -0.2) is 24.9 Å². The molecule has 58 heavy (non-hydrogen) atoms. The van der Waals surface area contributed by atoms with Crippen LogP contribution in [0.15, 0.2) is 200 Å². The fourth-order valence-electron chi connectivity index (χ4n) is 8.31. The Morgan fingerprint density at radius 1 is 0.224 bits per heavy atom. The van der Waals surface area contributed by atoms with Crippen molar-refractivity contribution < 1.29 is 0 Å². The van der Waals surface area contributed by atoms with Crippen molar-refractivity contribution in [1.29, 1.82) is 0 Å². The van der Waals surface area contributed by atoms with E-state index >= 15 is 0 Å². The quantitative estimate of drug-likeness (QED) is 0.159. The molecule has 11 rings (SSSR count). The normalized spacial score (nSPS) is 11.4. The highest BCUT2D eigenvalue weighted by molar-refractivity contribution is 6.25. The van der Waals surface area contributed by atoms with Gasteiger partial charge < -0.3 is 0 Å². The summed E-state index contributed by atoms with van der Waals surface area (Å²) < 4.78 is 0. The highest BCUT2D eigenvalue weighted by Gasteiger charge is 2.18. The van der Waals surface area contributed by atoms with Crippen molar-refractivity contribution in [2.75, 3.05) is 0 Å². The van der Waals surface area contributed by atoms with Crippen LogP contribution in [-0.2, 0) is 0 Å². The zero-order valence-electron chi connectivity index (χ0n) is 31.3. The van der Waals surface area contributed by atoms with Gasteiger partial charge in [0.1, 0.15) is 0 Å². The molecule has 0 bridgehead atoms. The lowest BCUT2D eigenvalue weighted by molar-refractivity contribution is 1.03. The Morgan fingerprint density at radius 3 is 1.14 bits per heavy atom. The Labute approximate surface area is 335 Å². The summed E-state index contributed by atoms with van der Waals surface area (Å²) in [5, 5.41) is 9.57. The molecule has 0 aliphatic rings. The molecular formula is C53H33N5. The van der Waals surface area contributed by atoms with Crippen LogP contribution in [0.1, 0.15) is 0 Å². The number of aromatic nitrogens is 5. The molecule has 0 amide bonds. The van der Waals surface area contributed by atoms with Crippen molar-refractivity contribution in [3.63, 3.8) is 0 Å². The lowest BCUT2D eigenvalue weighted by Crippen LogP contribution is -2.02. The second kappa shape index (κ2) is 14.0. The summed E-state index contributed by atoms with van der Waals surface area (Å²) in [7, 11) is 0. The first-order valence-electron chi connectivity index (χ1n) is 19.4. The van der Waals surface area contributed by atoms with Gasteiger partial charge in [0.15, 0.2) is 17.5 Å². The number of benzene rings is 9. The summed E-state index contributed by atoms with van der Waals surface area (Å²) in [5.41, 5.74) is 8.66. The maximum absolute atomic E-state index is 4.89. The third-order valence-corrected chi connectivity index (χ3v) is 11.0. The van der Waals surface area contributed by atoms with Crippen molar-refractivity contribution in [1.82, 2.24) is 24.9 Å². The van der Waals surface area contributed by atoms with Gasteiger partial charge in [0, 0.05) is 29.1 Å². The molecule has 0 unspecified atom stereocenters. The van der Waals surface area contributed by atoms with E-state index in [1.165, 1.54) is 60.0 Å². The average Bonchev–Trinajstić information content (AvgIpc) is 3.31. The van der Waals surface area contributed by atoms with Crippen LogP contribution in [0.5, 0.6) is 0 Å². The summed E-state index contributed by atoms with van der Waals surface area (Å²) in [6.45, 7) is 0. The van der Waals surface area contributed by atoms with E-state index in [1.807, 2.05) is 73.1 Å². The molecule has 0 saturated carbocycles. The van der Waals surface area contributed by atoms with Crippen LogP contribution < -0.4 is 0 Å². The molecule has 11 aromatic rings. The maximum atomic E-state index is 4.89. The predicted octanol–water partition coefficient (Wildman–Crippen LogP) is 13.3. The van der Waals surface area contributed by atoms with Crippen LogP contribution in [0.25, 0.3) is 111 Å². The van der Waals surface area contributed by atoms with E-state index in [0.29, 0.717) is 23.3 Å². The van der Waals surface area contributed by atoms with Gasteiger partial charge in [-0.15, -0.1) is 0 Å². The Kier molecular flexibility index (Phi) is 8.07. The molecule has 270 valence electrons. The molecule has 9 aromatic carbocycles. The molecule has 0 fully saturated rings. The molecule has 0 N–H and O–H groups in total. The summed E-state index contributed by atoms with van der Waals surface area (Å²) in [6.07, 6.45) is 3.78. The maximum Gasteiger partial charge on any atom is 0.201 e. The van der Waals surface area contributed by atoms with E-state index in [2.05, 4.69) is 127 Å². The zero-order chi connectivity index (χ0) is 38.4. The van der Waals surface area contributed by atoms with E-state index in [0.717, 1.165) is 27.6 Å². The molecule has 0 radical (unpaired) electrons. The molecule has 2 aromatic heterocycles. The number of hydrogen-bond donors (Lipinski definition) is 0. The van der Waals surface area contributed by atoms with Crippen LogP contribution in [0.2, 0.25) is 0 Å². The van der Waals surface area contributed by atoms with Gasteiger partial charge in [-0.3, -0.25) is 0 Å². The monoisotopic (exact) mass is 739 g/mol. The summed E-state index contributed by atoms with van der Waals surface area (Å²) in [4.78, 5) is 24.3. The van der Waals surface area contributed by atoms with Gasteiger partial charge in [0.25, 0.3) is 0 Å². The van der Waals surface area contributed by atoms with Crippen LogP contribution in [0, 0.1) is 0 Å². The molecule has 0 aliphatic carbocycles. The van der Waals surface area contributed by atoms with Crippen LogP contribution in [0.4, 0.5) is 0 Å². The topological polar surface area (TPSA) is 64.5 Å². The molecule has 2 heterocycles. The van der Waals surface area contributed by atoms with Crippen molar-refractivity contribution >= 4 is 43.1 Å². The van der Waals surface area contributed by atoms with E-state index in [9.17, 15) is 0 Å². The minimum atomic E-state index is 0.422. The van der Waals surface area contributed by atoms with Gasteiger partial charge in [0.05, 0.1) is 0 Å². The van der Waals surface area contributed by atoms with Crippen molar-refractivity contribution in [2.24, 2.45) is 0 Å². The minimum Gasteiger partial charge on any atom is -0.233 e. The number of nitrogens with zero attached hydrogens (tertiary/aromatic N) is 5. The summed E-state index contributed by atoms with van der Waals surface area (Å²) >= 11 is 0. The fourth-order valence-corrected chi connectivity index (χ4v) is 8.31. The van der Waals surface area contributed by atoms with Gasteiger partial charge in [0.2, 0.25) is 5.82 Å². The molecule has 0 saturated heterocycles. The average molecular weight is 740 g/mol. The van der Waals surface area contributed by atoms with Crippen LogP contribution in [0.3, 0.4) is 0 Å². The smallest absolute Gasteiger partial charge is 0.201 e. The highest BCUT2D eigenvalue weighted by atomic mass is 15.1. The van der Waals surface area contributed by atoms with Crippen molar-refractivity contribution in [3.8, 4) is 67.8 Å². The third-order valence-electron chi connectivity index (χ3n) is 11.0. The highest BCUT2D eigenvalue weighted by Crippen LogP contribution is 2.44. The van der Waals surface area contributed by atoms with Gasteiger partial charge >= 0.3 is 0 Å². The van der Waals surface area contributed by atoms with Gasteiger partial charge in [-0.2, -0.15) is 0 Å². The lowest BCUT2D eigenvalue weighted by Gasteiger charge is -2.18. The van der Waals surface area contributed by atoms with Gasteiger partial charge in [-0.1, -0.05) is 176 Å². The standard InChI is InChI=1S/C53H33N5/c1-4-16-34(17-5-1)38-28-29-45(40-23-11-10-22-39(38)40)47-31-49-42-25-13-12-24-41(42)46(30-48(49)44-27-15-14-26-43(44)47)37-32-54-52(55-33-37)53-57-50(35-18-6-2-7-19-35)56-51(58-53)36-20-8-3-9-21-36/h1-33H. The van der Waals surface area contributed by atoms with Crippen molar-refractivity contribution in [2.45, 2.75) is 0 Å². The third kappa shape index (κ3) is 5.76. The molecule has 0 atom stereocenters. The largest absolute Gasteiger partial charge is 0.233 e. The second-order valence-electron chi connectivity index (χ2n) is 14.4. The second-order valence-corrected chi connectivity index (χ2v) is 14.4. The molecule has 5 heteroatoms. The molecule has 0 aliphatic heterocycles. The Balaban J connectivity index is 1.07. The first kappa shape index (κ1) is 33.4. The zero-order valence-corrected chi connectivity index (χ0v) is 31.3. The van der Waals surface area contributed by atoms with Crippen LogP contribution >= 0.6 is 0 Å². The Bertz CT molecular complexity index is 3250. The fraction of sp³-hybridized carbons (Fsp3) is 0. The number of fused-ring (bicyclic) bond motifs is 6. The van der Waals surface area contributed by atoms with E-state index in [-0.39, 0.29) is 0 Å². The molecule has 0 spiro atoms. The van der Waals surface area contributed by atoms with E-state index in [4.69, 9.17) is 24.9 Å². The van der Waals surface area contributed by atoms with E-state index in [1.54, 1.807) is 0 Å². The number of hydrogen-bond acceptors (Lipinski definition) is 5. The lowest BCUT2D eigenvalue weighted by atomic mass is 9.86. The Hall–Kier alpha value is -7.89. The van der Waals surface area contributed by atoms with Gasteiger partial charge in [-0.25, -0.2) is 24.9 Å². The van der Waals surface area contributed by atoms with E-state index < -0.39 is 0 Å². The summed E-state index contributed by atoms with van der Waals surface area (Å²) in [5.74, 6) is 2.00. The number of rotatable bonds is 6. The van der Waals surface area contributed by atoms with Crippen molar-refractivity contribution in [3.05, 3.63) is 200 Å².